The smallest absolute Gasteiger partial charge is 0.269 e. The quantitative estimate of drug-likeness (QED) is 0.592. The van der Waals surface area contributed by atoms with Crippen LogP contribution in [0, 0.1) is 10.1 Å². The maximum atomic E-state index is 10.8. The molecule has 0 aliphatic carbocycles. The predicted molar refractivity (Wildman–Crippen MR) is 84.8 cm³/mol. The van der Waals surface area contributed by atoms with Crippen molar-refractivity contribution in [2.24, 2.45) is 5.73 Å². The van der Waals surface area contributed by atoms with Crippen LogP contribution < -0.4 is 5.73 Å². The van der Waals surface area contributed by atoms with Crippen molar-refractivity contribution in [3.63, 3.8) is 0 Å². The Balaban J connectivity index is 2.19. The molecule has 0 aliphatic rings. The van der Waals surface area contributed by atoms with Gasteiger partial charge in [-0.2, -0.15) is 0 Å². The van der Waals surface area contributed by atoms with E-state index >= 15 is 0 Å². The highest BCUT2D eigenvalue weighted by Gasteiger charge is 2.19. The monoisotopic (exact) mass is 296 g/mol. The third-order valence-electron chi connectivity index (χ3n) is 3.74. The Kier molecular flexibility index (Phi) is 3.60. The molecule has 0 spiro atoms. The highest BCUT2D eigenvalue weighted by atomic mass is 16.6. The number of benzene rings is 1. The number of rotatable bonds is 4. The molecule has 2 N–H and O–H groups in total. The lowest BCUT2D eigenvalue weighted by Gasteiger charge is -2.11. The summed E-state index contributed by atoms with van der Waals surface area (Å²) >= 11 is 0. The molecule has 6 nitrogen and oxygen atoms in total. The van der Waals surface area contributed by atoms with Crippen LogP contribution in [0.5, 0.6) is 0 Å². The first-order valence-electron chi connectivity index (χ1n) is 7.03. The van der Waals surface area contributed by atoms with Crippen molar-refractivity contribution in [2.45, 2.75) is 12.8 Å². The highest BCUT2D eigenvalue weighted by Crippen LogP contribution is 2.30. The molecule has 1 unspecified atom stereocenters. The molecule has 0 saturated heterocycles. The summed E-state index contributed by atoms with van der Waals surface area (Å²) in [4.78, 5) is 15.0. The molecule has 0 bridgehead atoms. The Morgan fingerprint density at radius 3 is 2.64 bits per heavy atom. The Morgan fingerprint density at radius 1 is 1.27 bits per heavy atom. The van der Waals surface area contributed by atoms with E-state index in [1.807, 2.05) is 35.7 Å². The van der Waals surface area contributed by atoms with E-state index in [1.165, 1.54) is 12.1 Å². The summed E-state index contributed by atoms with van der Waals surface area (Å²) in [5.41, 5.74) is 9.43. The number of hydrogen-bond acceptors (Lipinski definition) is 4. The van der Waals surface area contributed by atoms with Crippen LogP contribution in [0.15, 0.2) is 48.7 Å². The number of pyridine rings is 1. The van der Waals surface area contributed by atoms with E-state index in [9.17, 15) is 10.1 Å². The van der Waals surface area contributed by atoms with Gasteiger partial charge in [0.15, 0.2) is 0 Å². The molecule has 0 fully saturated rings. The van der Waals surface area contributed by atoms with Crippen molar-refractivity contribution < 1.29 is 4.92 Å². The minimum absolute atomic E-state index is 0.0703. The van der Waals surface area contributed by atoms with E-state index < -0.39 is 4.92 Å². The number of nitro groups is 1. The molecule has 1 aromatic carbocycles. The van der Waals surface area contributed by atoms with E-state index in [1.54, 1.807) is 12.1 Å². The van der Waals surface area contributed by atoms with Gasteiger partial charge in [-0.15, -0.1) is 0 Å². The summed E-state index contributed by atoms with van der Waals surface area (Å²) in [6, 6.07) is 12.3. The summed E-state index contributed by atoms with van der Waals surface area (Å²) in [6.45, 7) is 2.55. The molecule has 0 saturated carbocycles. The Hall–Kier alpha value is -2.73. The molecular formula is C16H16N4O2. The van der Waals surface area contributed by atoms with E-state index in [0.29, 0.717) is 6.54 Å². The summed E-state index contributed by atoms with van der Waals surface area (Å²) in [6.07, 6.45) is 1.96. The normalized spacial score (nSPS) is 12.5. The minimum atomic E-state index is -0.406. The van der Waals surface area contributed by atoms with Crippen molar-refractivity contribution >= 4 is 11.3 Å². The number of non-ortho nitro benzene ring substituents is 1. The lowest BCUT2D eigenvalue weighted by molar-refractivity contribution is -0.384. The first-order valence-corrected chi connectivity index (χ1v) is 7.03. The van der Waals surface area contributed by atoms with Crippen molar-refractivity contribution in [2.75, 3.05) is 6.54 Å². The van der Waals surface area contributed by atoms with Crippen LogP contribution in [0.4, 0.5) is 5.69 Å². The second-order valence-electron chi connectivity index (χ2n) is 5.22. The highest BCUT2D eigenvalue weighted by molar-refractivity contribution is 5.68. The van der Waals surface area contributed by atoms with Crippen LogP contribution >= 0.6 is 0 Å². The summed E-state index contributed by atoms with van der Waals surface area (Å²) < 4.78 is 2.02. The third-order valence-corrected chi connectivity index (χ3v) is 3.74. The zero-order valence-corrected chi connectivity index (χ0v) is 12.1. The van der Waals surface area contributed by atoms with E-state index in [2.05, 4.69) is 4.98 Å². The number of aromatic nitrogens is 2. The van der Waals surface area contributed by atoms with Crippen LogP contribution in [0.3, 0.4) is 0 Å². The zero-order valence-electron chi connectivity index (χ0n) is 12.1. The summed E-state index contributed by atoms with van der Waals surface area (Å²) in [5.74, 6) is 0.127. The van der Waals surface area contributed by atoms with Gasteiger partial charge < -0.3 is 10.1 Å². The molecular weight excluding hydrogens is 280 g/mol. The second kappa shape index (κ2) is 5.57. The summed E-state index contributed by atoms with van der Waals surface area (Å²) in [5, 5.41) is 10.8. The lowest BCUT2D eigenvalue weighted by atomic mass is 10.0. The lowest BCUT2D eigenvalue weighted by Crippen LogP contribution is -2.12. The Morgan fingerprint density at radius 2 is 2.00 bits per heavy atom. The zero-order chi connectivity index (χ0) is 15.7. The molecule has 6 heteroatoms. The van der Waals surface area contributed by atoms with Crippen LogP contribution in [-0.2, 0) is 0 Å². The number of hydrogen-bond donors (Lipinski definition) is 1. The summed E-state index contributed by atoms with van der Waals surface area (Å²) in [7, 11) is 0. The van der Waals surface area contributed by atoms with Gasteiger partial charge in [0.2, 0.25) is 0 Å². The van der Waals surface area contributed by atoms with Gasteiger partial charge in [-0.3, -0.25) is 10.1 Å². The first kappa shape index (κ1) is 14.2. The molecule has 0 aliphatic heterocycles. The molecule has 0 radical (unpaired) electrons. The largest absolute Gasteiger partial charge is 0.330 e. The second-order valence-corrected chi connectivity index (χ2v) is 5.22. The maximum Gasteiger partial charge on any atom is 0.269 e. The van der Waals surface area contributed by atoms with Crippen molar-refractivity contribution in [1.29, 1.82) is 0 Å². The fraction of sp³-hybridized carbons (Fsp3) is 0.188. The SMILES string of the molecule is CC(CN)c1c(-c2ccc([N+](=O)[O-])cc2)nc2ccccn12. The minimum Gasteiger partial charge on any atom is -0.330 e. The molecule has 2 aromatic heterocycles. The number of nitro benzene ring substituents is 1. The van der Waals surface area contributed by atoms with E-state index in [-0.39, 0.29) is 11.6 Å². The maximum absolute atomic E-state index is 10.8. The van der Waals surface area contributed by atoms with Crippen molar-refractivity contribution in [3.8, 4) is 11.3 Å². The molecule has 0 amide bonds. The number of nitrogens with two attached hydrogens (primary N) is 1. The average molecular weight is 296 g/mol. The number of fused-ring (bicyclic) bond motifs is 1. The van der Waals surface area contributed by atoms with Gasteiger partial charge in [-0.1, -0.05) is 13.0 Å². The van der Waals surface area contributed by atoms with Crippen LogP contribution in [0.25, 0.3) is 16.9 Å². The molecule has 3 aromatic rings. The first-order chi connectivity index (χ1) is 10.6. The van der Waals surface area contributed by atoms with Crippen molar-refractivity contribution in [3.05, 3.63) is 64.5 Å². The van der Waals surface area contributed by atoms with Gasteiger partial charge in [0, 0.05) is 36.4 Å². The molecule has 2 heterocycles. The van der Waals surface area contributed by atoms with E-state index in [4.69, 9.17) is 5.73 Å². The Labute approximate surface area is 127 Å². The topological polar surface area (TPSA) is 86.5 Å². The third kappa shape index (κ3) is 2.33. The van der Waals surface area contributed by atoms with Gasteiger partial charge in [-0.05, 0) is 24.3 Å². The predicted octanol–water partition coefficient (Wildman–Crippen LogP) is 2.97. The van der Waals surface area contributed by atoms with Gasteiger partial charge in [0.05, 0.1) is 16.3 Å². The van der Waals surface area contributed by atoms with Crippen LogP contribution in [0.1, 0.15) is 18.5 Å². The van der Waals surface area contributed by atoms with Crippen LogP contribution in [0.2, 0.25) is 0 Å². The number of imidazole rings is 1. The van der Waals surface area contributed by atoms with Gasteiger partial charge in [-0.25, -0.2) is 4.98 Å². The Bertz CT molecular complexity index is 824. The van der Waals surface area contributed by atoms with Gasteiger partial charge >= 0.3 is 0 Å². The van der Waals surface area contributed by atoms with Crippen molar-refractivity contribution in [1.82, 2.24) is 9.38 Å². The number of nitrogens with zero attached hydrogens (tertiary/aromatic N) is 3. The fourth-order valence-electron chi connectivity index (χ4n) is 2.55. The van der Waals surface area contributed by atoms with Gasteiger partial charge in [0.1, 0.15) is 5.65 Å². The molecule has 22 heavy (non-hydrogen) atoms. The molecule has 1 atom stereocenters. The molecule has 112 valence electrons. The average Bonchev–Trinajstić information content (AvgIpc) is 2.93. The fourth-order valence-corrected chi connectivity index (χ4v) is 2.55. The van der Waals surface area contributed by atoms with Crippen LogP contribution in [-0.4, -0.2) is 20.9 Å². The molecule has 3 rings (SSSR count). The van der Waals surface area contributed by atoms with E-state index in [0.717, 1.165) is 22.6 Å². The standard InChI is InChI=1S/C16H16N4O2/c1-11(10-17)16-15(18-14-4-2-3-9-19(14)16)12-5-7-13(8-6-12)20(21)22/h2-9,11H,10,17H2,1H3. The van der Waals surface area contributed by atoms with Gasteiger partial charge in [0.25, 0.3) is 5.69 Å².